The van der Waals surface area contributed by atoms with Crippen molar-refractivity contribution in [2.45, 2.75) is 46.2 Å². The van der Waals surface area contributed by atoms with Gasteiger partial charge in [-0.25, -0.2) is 0 Å². The fourth-order valence-corrected chi connectivity index (χ4v) is 3.13. The second-order valence-electron chi connectivity index (χ2n) is 7.43. The van der Waals surface area contributed by atoms with Crippen LogP contribution < -0.4 is 10.6 Å². The molecule has 0 aliphatic rings. The van der Waals surface area contributed by atoms with Crippen LogP contribution in [-0.2, 0) is 31.0 Å². The van der Waals surface area contributed by atoms with E-state index >= 15 is 0 Å². The van der Waals surface area contributed by atoms with Gasteiger partial charge < -0.3 is 15.4 Å². The predicted octanol–water partition coefficient (Wildman–Crippen LogP) is 3.72. The number of guanidine groups is 1. The van der Waals surface area contributed by atoms with Gasteiger partial charge >= 0.3 is 0 Å². The van der Waals surface area contributed by atoms with Gasteiger partial charge in [-0.1, -0.05) is 48.5 Å². The molecule has 2 aromatic carbocycles. The lowest BCUT2D eigenvalue weighted by Gasteiger charge is -2.15. The number of aliphatic imine (C=N–C) groups is 1. The summed E-state index contributed by atoms with van der Waals surface area (Å²) in [4.78, 5) is 4.36. The fourth-order valence-electron chi connectivity index (χ4n) is 3.13. The van der Waals surface area contributed by atoms with Crippen molar-refractivity contribution in [1.82, 2.24) is 20.4 Å². The summed E-state index contributed by atoms with van der Waals surface area (Å²) in [6, 6.07) is 18.8. The predicted molar refractivity (Wildman–Crippen MR) is 121 cm³/mol. The van der Waals surface area contributed by atoms with Gasteiger partial charge in [0.1, 0.15) is 0 Å². The van der Waals surface area contributed by atoms with Gasteiger partial charge in [-0.2, -0.15) is 5.10 Å². The number of aromatic nitrogens is 2. The average molecular weight is 406 g/mol. The minimum absolute atomic E-state index is 0.228. The van der Waals surface area contributed by atoms with Crippen molar-refractivity contribution < 1.29 is 4.74 Å². The number of hydrogen-bond acceptors (Lipinski definition) is 3. The Morgan fingerprint density at radius 3 is 2.50 bits per heavy atom. The molecule has 0 aliphatic heterocycles. The maximum absolute atomic E-state index is 5.70. The first kappa shape index (κ1) is 21.6. The zero-order valence-electron chi connectivity index (χ0n) is 18.0. The van der Waals surface area contributed by atoms with Crippen LogP contribution in [0.4, 0.5) is 0 Å². The Labute approximate surface area is 179 Å². The molecule has 1 heterocycles. The number of nitrogens with one attached hydrogen (secondary N) is 2. The standard InChI is InChI=1S/C24H31N5O/c1-19(2)30-18-21-9-6-8-20(14-21)15-26-24(25-3)27-16-22-10-4-5-11-23(22)17-29-13-7-12-28-29/h4-14,19H,15-18H2,1-3H3,(H2,25,26,27). The van der Waals surface area contributed by atoms with Gasteiger partial charge in [-0.15, -0.1) is 0 Å². The molecule has 0 saturated carbocycles. The Hall–Kier alpha value is -3.12. The fraction of sp³-hybridized carbons (Fsp3) is 0.333. The Kier molecular flexibility index (Phi) is 8.03. The van der Waals surface area contributed by atoms with Crippen LogP contribution >= 0.6 is 0 Å². The second kappa shape index (κ2) is 11.2. The van der Waals surface area contributed by atoms with E-state index in [0.29, 0.717) is 19.7 Å². The van der Waals surface area contributed by atoms with Crippen molar-refractivity contribution in [2.75, 3.05) is 7.05 Å². The van der Waals surface area contributed by atoms with Crippen molar-refractivity contribution in [3.63, 3.8) is 0 Å². The van der Waals surface area contributed by atoms with Gasteiger partial charge in [0.2, 0.25) is 0 Å². The summed E-state index contributed by atoms with van der Waals surface area (Å²) in [7, 11) is 1.79. The number of rotatable bonds is 9. The first-order valence-electron chi connectivity index (χ1n) is 10.3. The number of hydrogen-bond donors (Lipinski definition) is 2. The third-order valence-electron chi connectivity index (χ3n) is 4.71. The summed E-state index contributed by atoms with van der Waals surface area (Å²) in [5.41, 5.74) is 4.84. The minimum Gasteiger partial charge on any atom is -0.374 e. The van der Waals surface area contributed by atoms with E-state index in [4.69, 9.17) is 4.74 Å². The molecule has 0 amide bonds. The van der Waals surface area contributed by atoms with E-state index in [1.165, 1.54) is 22.3 Å². The highest BCUT2D eigenvalue weighted by Crippen LogP contribution is 2.11. The summed E-state index contributed by atoms with van der Waals surface area (Å²) in [6.07, 6.45) is 4.01. The highest BCUT2D eigenvalue weighted by molar-refractivity contribution is 5.79. The minimum atomic E-state index is 0.228. The zero-order chi connectivity index (χ0) is 21.2. The molecule has 0 bridgehead atoms. The van der Waals surface area contributed by atoms with Gasteiger partial charge in [0, 0.05) is 32.5 Å². The molecule has 158 valence electrons. The van der Waals surface area contributed by atoms with Crippen LogP contribution in [0.2, 0.25) is 0 Å². The molecule has 3 aromatic rings. The number of ether oxygens (including phenoxy) is 1. The van der Waals surface area contributed by atoms with E-state index in [-0.39, 0.29) is 6.10 Å². The Morgan fingerprint density at radius 2 is 1.77 bits per heavy atom. The third kappa shape index (κ3) is 6.74. The first-order valence-corrected chi connectivity index (χ1v) is 10.3. The normalized spacial score (nSPS) is 11.7. The van der Waals surface area contributed by atoms with Gasteiger partial charge in [0.25, 0.3) is 0 Å². The molecule has 0 atom stereocenters. The molecule has 0 saturated heterocycles. The van der Waals surface area contributed by atoms with Crippen LogP contribution in [0.1, 0.15) is 36.1 Å². The molecule has 0 radical (unpaired) electrons. The maximum Gasteiger partial charge on any atom is 0.191 e. The summed E-state index contributed by atoms with van der Waals surface area (Å²) in [5, 5.41) is 11.1. The molecule has 30 heavy (non-hydrogen) atoms. The Morgan fingerprint density at radius 1 is 1.00 bits per heavy atom. The van der Waals surface area contributed by atoms with Crippen LogP contribution in [-0.4, -0.2) is 28.9 Å². The molecule has 0 unspecified atom stereocenters. The highest BCUT2D eigenvalue weighted by atomic mass is 16.5. The van der Waals surface area contributed by atoms with Crippen molar-refractivity contribution in [3.8, 4) is 0 Å². The SMILES string of the molecule is CN=C(NCc1cccc(COC(C)C)c1)NCc1ccccc1Cn1cccn1. The van der Waals surface area contributed by atoms with Crippen molar-refractivity contribution in [1.29, 1.82) is 0 Å². The summed E-state index contributed by atoms with van der Waals surface area (Å²) < 4.78 is 7.64. The van der Waals surface area contributed by atoms with Crippen LogP contribution in [0.15, 0.2) is 72.0 Å². The van der Waals surface area contributed by atoms with E-state index in [0.717, 1.165) is 12.5 Å². The monoisotopic (exact) mass is 405 g/mol. The Bertz CT molecular complexity index is 934. The number of nitrogens with zero attached hydrogens (tertiary/aromatic N) is 3. The average Bonchev–Trinajstić information content (AvgIpc) is 3.27. The van der Waals surface area contributed by atoms with Crippen LogP contribution in [0.3, 0.4) is 0 Å². The zero-order valence-corrected chi connectivity index (χ0v) is 18.0. The van der Waals surface area contributed by atoms with E-state index in [1.807, 2.05) is 30.8 Å². The molecular weight excluding hydrogens is 374 g/mol. The molecule has 1 aromatic heterocycles. The van der Waals surface area contributed by atoms with Crippen molar-refractivity contribution in [3.05, 3.63) is 89.2 Å². The van der Waals surface area contributed by atoms with E-state index < -0.39 is 0 Å². The molecule has 2 N–H and O–H groups in total. The smallest absolute Gasteiger partial charge is 0.191 e. The molecule has 6 heteroatoms. The quantitative estimate of drug-likeness (QED) is 0.421. The lowest BCUT2D eigenvalue weighted by Crippen LogP contribution is -2.36. The summed E-state index contributed by atoms with van der Waals surface area (Å²) in [5.74, 6) is 0.771. The van der Waals surface area contributed by atoms with Crippen LogP contribution in [0.5, 0.6) is 0 Å². The third-order valence-corrected chi connectivity index (χ3v) is 4.71. The lowest BCUT2D eigenvalue weighted by atomic mass is 10.1. The second-order valence-corrected chi connectivity index (χ2v) is 7.43. The van der Waals surface area contributed by atoms with Gasteiger partial charge in [-0.3, -0.25) is 9.67 Å². The summed E-state index contributed by atoms with van der Waals surface area (Å²) >= 11 is 0. The molecule has 0 aliphatic carbocycles. The topological polar surface area (TPSA) is 63.5 Å². The largest absolute Gasteiger partial charge is 0.374 e. The lowest BCUT2D eigenvalue weighted by molar-refractivity contribution is 0.0657. The van der Waals surface area contributed by atoms with Gasteiger partial charge in [0.05, 0.1) is 19.3 Å². The van der Waals surface area contributed by atoms with Crippen molar-refractivity contribution >= 4 is 5.96 Å². The highest BCUT2D eigenvalue weighted by Gasteiger charge is 2.05. The van der Waals surface area contributed by atoms with E-state index in [1.54, 1.807) is 13.2 Å². The van der Waals surface area contributed by atoms with Crippen LogP contribution in [0, 0.1) is 0 Å². The molecular formula is C24H31N5O. The van der Waals surface area contributed by atoms with Gasteiger partial charge in [-0.05, 0) is 42.2 Å². The molecule has 3 rings (SSSR count). The van der Waals surface area contributed by atoms with E-state index in [2.05, 4.69) is 69.3 Å². The molecule has 0 spiro atoms. The van der Waals surface area contributed by atoms with Crippen LogP contribution in [0.25, 0.3) is 0 Å². The van der Waals surface area contributed by atoms with Gasteiger partial charge in [0.15, 0.2) is 5.96 Å². The first-order chi connectivity index (χ1) is 14.6. The molecule has 6 nitrogen and oxygen atoms in total. The maximum atomic E-state index is 5.70. The van der Waals surface area contributed by atoms with Crippen molar-refractivity contribution in [2.24, 2.45) is 4.99 Å². The summed E-state index contributed by atoms with van der Waals surface area (Å²) in [6.45, 7) is 6.87. The Balaban J connectivity index is 1.54. The number of benzene rings is 2. The van der Waals surface area contributed by atoms with E-state index in [9.17, 15) is 0 Å². The molecule has 0 fully saturated rings.